The minimum absolute atomic E-state index is 0.0521. The summed E-state index contributed by atoms with van der Waals surface area (Å²) < 4.78 is 91.5. The minimum atomic E-state index is -2.91. The monoisotopic (exact) mass is 464 g/mol. The van der Waals surface area contributed by atoms with Crippen molar-refractivity contribution in [2.75, 3.05) is 11.8 Å². The molecule has 4 aromatic rings. The van der Waals surface area contributed by atoms with Gasteiger partial charge in [0.05, 0.1) is 15.6 Å². The SMILES string of the molecule is [2H]c1nccc2cc(NC(=O)[C@@H](c3ccc(C([2H])([2H])OC(=O)c4ccc(C([2H])([2H])[2H])cc4C([2H])([2H])[2H])cc3)C([2H])([2H])N)ccc12. The molecule has 0 radical (unpaired) electrons. The van der Waals surface area contributed by atoms with E-state index in [1.165, 1.54) is 24.4 Å². The van der Waals surface area contributed by atoms with Crippen molar-refractivity contribution >= 4 is 28.3 Å². The third-order valence-electron chi connectivity index (χ3n) is 5.01. The van der Waals surface area contributed by atoms with Crippen molar-refractivity contribution in [1.82, 2.24) is 4.98 Å². The molecule has 172 valence electrons. The lowest BCUT2D eigenvalue weighted by Gasteiger charge is -2.16. The van der Waals surface area contributed by atoms with Crippen molar-refractivity contribution in [3.63, 3.8) is 0 Å². The molecule has 4 rings (SSSR count). The summed E-state index contributed by atoms with van der Waals surface area (Å²) in [5.74, 6) is -3.72. The zero-order valence-electron chi connectivity index (χ0n) is 28.8. The van der Waals surface area contributed by atoms with Gasteiger partial charge in [0.2, 0.25) is 5.91 Å². The second-order valence-electron chi connectivity index (χ2n) is 7.32. The van der Waals surface area contributed by atoms with E-state index in [9.17, 15) is 9.59 Å². The fourth-order valence-electron chi connectivity index (χ4n) is 3.27. The number of benzene rings is 3. The topological polar surface area (TPSA) is 94.3 Å². The fourth-order valence-corrected chi connectivity index (χ4v) is 3.27. The predicted molar refractivity (Wildman–Crippen MR) is 134 cm³/mol. The zero-order valence-corrected chi connectivity index (χ0v) is 17.8. The number of anilines is 1. The average molecular weight is 465 g/mol. The lowest BCUT2D eigenvalue weighted by molar-refractivity contribution is -0.117. The summed E-state index contributed by atoms with van der Waals surface area (Å²) in [6, 6.07) is 14.0. The van der Waals surface area contributed by atoms with Crippen molar-refractivity contribution in [2.24, 2.45) is 5.73 Å². The number of hydrogen-bond acceptors (Lipinski definition) is 5. The molecule has 1 amide bonds. The number of ether oxygens (including phenoxy) is 1. The predicted octanol–water partition coefficient (Wildman–Crippen LogP) is 4.89. The highest BCUT2D eigenvalue weighted by Gasteiger charge is 2.19. The molecule has 1 heterocycles. The molecule has 0 unspecified atom stereocenters. The van der Waals surface area contributed by atoms with Gasteiger partial charge in [0.1, 0.15) is 6.56 Å². The number of pyridine rings is 1. The van der Waals surface area contributed by atoms with Crippen molar-refractivity contribution in [1.29, 1.82) is 0 Å². The van der Waals surface area contributed by atoms with Gasteiger partial charge in [0, 0.05) is 40.9 Å². The summed E-state index contributed by atoms with van der Waals surface area (Å²) in [5.41, 5.74) is 4.43. The molecule has 0 saturated carbocycles. The third-order valence-corrected chi connectivity index (χ3v) is 5.01. The normalized spacial score (nSPS) is 18.1. The van der Waals surface area contributed by atoms with Crippen molar-refractivity contribution in [3.8, 4) is 0 Å². The molecule has 0 fully saturated rings. The molecule has 0 bridgehead atoms. The van der Waals surface area contributed by atoms with E-state index in [1.54, 1.807) is 18.2 Å². The van der Waals surface area contributed by atoms with E-state index in [1.807, 2.05) is 0 Å². The molecular weight excluding hydrogens is 426 g/mol. The van der Waals surface area contributed by atoms with E-state index in [0.29, 0.717) is 16.5 Å². The van der Waals surface area contributed by atoms with Gasteiger partial charge in [-0.25, -0.2) is 4.79 Å². The quantitative estimate of drug-likeness (QED) is 0.380. The molecule has 6 nitrogen and oxygen atoms in total. The number of aromatic nitrogens is 1. The number of carbonyl (C=O) groups is 2. The average Bonchev–Trinajstić information content (AvgIpc) is 2.91. The molecule has 3 N–H and O–H groups in total. The number of carbonyl (C=O) groups excluding carboxylic acids is 2. The Morgan fingerprint density at radius 3 is 2.71 bits per heavy atom. The second-order valence-corrected chi connectivity index (χ2v) is 7.32. The van der Waals surface area contributed by atoms with Crippen LogP contribution in [-0.4, -0.2) is 23.4 Å². The Labute approximate surface area is 214 Å². The Balaban J connectivity index is 1.58. The zero-order chi connectivity index (χ0) is 33.5. The van der Waals surface area contributed by atoms with E-state index < -0.39 is 55.7 Å². The van der Waals surface area contributed by atoms with E-state index in [0.717, 1.165) is 30.3 Å². The molecule has 1 aromatic heterocycles. The van der Waals surface area contributed by atoms with Gasteiger partial charge in [-0.1, -0.05) is 48.0 Å². The Bertz CT molecular complexity index is 1750. The highest BCUT2D eigenvalue weighted by atomic mass is 16.5. The molecule has 0 spiro atoms. The van der Waals surface area contributed by atoms with Gasteiger partial charge in [-0.15, -0.1) is 0 Å². The van der Waals surface area contributed by atoms with Crippen LogP contribution in [0.15, 0.2) is 79.1 Å². The maximum Gasteiger partial charge on any atom is 0.338 e. The van der Waals surface area contributed by atoms with Crippen LogP contribution >= 0.6 is 0 Å². The number of amides is 1. The van der Waals surface area contributed by atoms with E-state index in [-0.39, 0.29) is 22.9 Å². The maximum atomic E-state index is 13.2. The Morgan fingerprint density at radius 1 is 1.09 bits per heavy atom. The number of nitrogens with zero attached hydrogens (tertiary/aromatic N) is 1. The van der Waals surface area contributed by atoms with Gasteiger partial charge in [0.25, 0.3) is 0 Å². The van der Waals surface area contributed by atoms with Crippen LogP contribution in [0.5, 0.6) is 0 Å². The van der Waals surface area contributed by atoms with Gasteiger partial charge in [0.15, 0.2) is 0 Å². The lowest BCUT2D eigenvalue weighted by Crippen LogP contribution is -2.27. The van der Waals surface area contributed by atoms with Gasteiger partial charge in [-0.3, -0.25) is 9.78 Å². The Kier molecular flexibility index (Phi) is 3.93. The second kappa shape index (κ2) is 10.3. The molecular formula is C28H27N3O3. The van der Waals surface area contributed by atoms with Crippen LogP contribution in [0, 0.1) is 13.7 Å². The molecule has 0 saturated heterocycles. The molecule has 0 aliphatic rings. The summed E-state index contributed by atoms with van der Waals surface area (Å²) >= 11 is 0. The highest BCUT2D eigenvalue weighted by molar-refractivity contribution is 5.98. The van der Waals surface area contributed by atoms with Crippen molar-refractivity contribution < 1.29 is 29.4 Å². The summed E-state index contributed by atoms with van der Waals surface area (Å²) in [6.45, 7) is -10.9. The smallest absolute Gasteiger partial charge is 0.338 e. The summed E-state index contributed by atoms with van der Waals surface area (Å²) in [7, 11) is 0. The lowest BCUT2D eigenvalue weighted by atomic mass is 9.97. The molecule has 0 aliphatic carbocycles. The van der Waals surface area contributed by atoms with Crippen LogP contribution in [0.3, 0.4) is 0 Å². The number of esters is 1. The summed E-state index contributed by atoms with van der Waals surface area (Å²) in [6.07, 6.45) is 1.49. The molecule has 1 atom stereocenters. The van der Waals surface area contributed by atoms with Gasteiger partial charge in [-0.05, 0) is 60.0 Å². The summed E-state index contributed by atoms with van der Waals surface area (Å²) in [4.78, 5) is 30.1. The first-order valence-electron chi connectivity index (χ1n) is 15.6. The van der Waals surface area contributed by atoms with Gasteiger partial charge in [-0.2, -0.15) is 0 Å². The Hall–Kier alpha value is -4.03. The van der Waals surface area contributed by atoms with Gasteiger partial charge >= 0.3 is 5.97 Å². The highest BCUT2D eigenvalue weighted by Crippen LogP contribution is 2.22. The minimum Gasteiger partial charge on any atom is -0.457 e. The Morgan fingerprint density at radius 2 is 1.94 bits per heavy atom. The number of hydrogen-bond donors (Lipinski definition) is 2. The van der Waals surface area contributed by atoms with Crippen LogP contribution in [0.2, 0.25) is 0 Å². The molecule has 6 heteroatoms. The first-order valence-corrected chi connectivity index (χ1v) is 10.1. The molecule has 0 aliphatic heterocycles. The van der Waals surface area contributed by atoms with E-state index >= 15 is 0 Å². The summed E-state index contributed by atoms with van der Waals surface area (Å²) in [5, 5.41) is 3.79. The van der Waals surface area contributed by atoms with E-state index in [4.69, 9.17) is 25.5 Å². The first kappa shape index (κ1) is 13.0. The number of aryl methyl sites for hydroxylation is 2. The van der Waals surface area contributed by atoms with Crippen LogP contribution in [-0.2, 0) is 16.1 Å². The maximum absolute atomic E-state index is 13.2. The standard InChI is InChI=1S/C28H27N3O3/c1-18-3-10-25(19(2)13-18)28(33)34-17-20-4-6-21(7-5-20)26(15-29)27(32)31-24-9-8-23-16-30-12-11-22(23)14-24/h3-14,16,26H,15,17,29H2,1-2H3,(H,31,32)/t26-/m1/s1/i1D3,2D3,15D2,16D,17D2. The van der Waals surface area contributed by atoms with Crippen LogP contribution in [0.4, 0.5) is 5.69 Å². The van der Waals surface area contributed by atoms with Crippen molar-refractivity contribution in [2.45, 2.75) is 26.2 Å². The number of fused-ring (bicyclic) bond motifs is 1. The number of nitrogens with two attached hydrogens (primary N) is 1. The fraction of sp³-hybridized carbons (Fsp3) is 0.179. The van der Waals surface area contributed by atoms with Crippen LogP contribution < -0.4 is 11.1 Å². The number of nitrogens with one attached hydrogen (secondary N) is 1. The van der Waals surface area contributed by atoms with E-state index in [2.05, 4.69) is 10.3 Å². The first-order chi connectivity index (χ1) is 20.7. The largest absolute Gasteiger partial charge is 0.457 e. The van der Waals surface area contributed by atoms with Gasteiger partial charge < -0.3 is 15.8 Å². The molecule has 34 heavy (non-hydrogen) atoms. The van der Waals surface area contributed by atoms with Crippen LogP contribution in [0.1, 0.15) is 53.6 Å². The molecule has 3 aromatic carbocycles. The third kappa shape index (κ3) is 5.30. The number of rotatable bonds is 7. The van der Waals surface area contributed by atoms with Crippen LogP contribution in [0.25, 0.3) is 10.8 Å². The van der Waals surface area contributed by atoms with Crippen molar-refractivity contribution in [3.05, 3.63) is 107 Å².